The number of ether oxygens (including phenoxy) is 1. The molecule has 0 spiro atoms. The number of aromatic nitrogens is 3. The zero-order valence-electron chi connectivity index (χ0n) is 13.8. The van der Waals surface area contributed by atoms with Crippen molar-refractivity contribution < 1.29 is 17.9 Å². The summed E-state index contributed by atoms with van der Waals surface area (Å²) in [6.07, 6.45) is 1.74. The lowest BCUT2D eigenvalue weighted by molar-refractivity contribution is 0.0594. The molecule has 0 radical (unpaired) electrons. The molecule has 3 rings (SSSR count). The molecule has 25 heavy (non-hydrogen) atoms. The van der Waals surface area contributed by atoms with Crippen molar-refractivity contribution in [2.75, 3.05) is 13.4 Å². The maximum Gasteiger partial charge on any atom is 0.356 e. The predicted octanol–water partition coefficient (Wildman–Crippen LogP) is 2.38. The van der Waals surface area contributed by atoms with Crippen LogP contribution >= 0.6 is 11.8 Å². The van der Waals surface area contributed by atoms with Gasteiger partial charge in [-0.2, -0.15) is 5.10 Å². The number of benzene rings is 1. The number of methoxy groups -OCH3 is 1. The van der Waals surface area contributed by atoms with Crippen molar-refractivity contribution in [3.05, 3.63) is 47.8 Å². The van der Waals surface area contributed by atoms with Gasteiger partial charge in [-0.15, -0.1) is 11.8 Å². The number of fused-ring (bicyclic) bond motifs is 1. The standard InChI is InChI=1S/C16H15N3O4S2/c1-10-9-12(16(20)23-2)17-14-13(15(24-3)18-19(10)14)25(21,22)11-7-5-4-6-8-11/h4-9H,1-3H3. The van der Waals surface area contributed by atoms with E-state index in [0.29, 0.717) is 10.7 Å². The second-order valence-electron chi connectivity index (χ2n) is 5.16. The smallest absolute Gasteiger partial charge is 0.356 e. The molecule has 0 aliphatic carbocycles. The van der Waals surface area contributed by atoms with Crippen molar-refractivity contribution in [2.24, 2.45) is 0 Å². The highest BCUT2D eigenvalue weighted by molar-refractivity contribution is 7.99. The molecule has 9 heteroatoms. The monoisotopic (exact) mass is 377 g/mol. The molecule has 0 fully saturated rings. The van der Waals surface area contributed by atoms with Crippen LogP contribution in [0.5, 0.6) is 0 Å². The Kier molecular flexibility index (Phi) is 4.53. The summed E-state index contributed by atoms with van der Waals surface area (Å²) in [5.41, 5.74) is 0.716. The number of thioether (sulfide) groups is 1. The van der Waals surface area contributed by atoms with E-state index in [1.165, 1.54) is 41.6 Å². The Morgan fingerprint density at radius 1 is 1.24 bits per heavy atom. The molecule has 0 aliphatic rings. The molecule has 1 aromatic carbocycles. The summed E-state index contributed by atoms with van der Waals surface area (Å²) in [5, 5.41) is 4.66. The quantitative estimate of drug-likeness (QED) is 0.509. The largest absolute Gasteiger partial charge is 0.464 e. The highest BCUT2D eigenvalue weighted by Crippen LogP contribution is 2.32. The Morgan fingerprint density at radius 3 is 2.52 bits per heavy atom. The van der Waals surface area contributed by atoms with Crippen molar-refractivity contribution in [1.82, 2.24) is 14.6 Å². The third-order valence-corrected chi connectivity index (χ3v) is 6.21. The number of esters is 1. The van der Waals surface area contributed by atoms with Gasteiger partial charge in [0.15, 0.2) is 16.2 Å². The first-order valence-corrected chi connectivity index (χ1v) is 9.93. The van der Waals surface area contributed by atoms with E-state index in [4.69, 9.17) is 4.74 Å². The van der Waals surface area contributed by atoms with Crippen LogP contribution in [-0.4, -0.2) is 42.4 Å². The molecule has 0 saturated carbocycles. The predicted molar refractivity (Wildman–Crippen MR) is 92.7 cm³/mol. The number of carbonyl (C=O) groups is 1. The maximum absolute atomic E-state index is 13.1. The van der Waals surface area contributed by atoms with Crippen LogP contribution in [0.4, 0.5) is 0 Å². The highest BCUT2D eigenvalue weighted by atomic mass is 32.2. The Bertz CT molecular complexity index is 1060. The summed E-state index contributed by atoms with van der Waals surface area (Å²) < 4.78 is 32.4. The first kappa shape index (κ1) is 17.4. The molecule has 0 aliphatic heterocycles. The SMILES string of the molecule is COC(=O)c1cc(C)n2nc(SC)c(S(=O)(=O)c3ccccc3)c2n1. The Morgan fingerprint density at radius 2 is 1.92 bits per heavy atom. The van der Waals surface area contributed by atoms with E-state index in [-0.39, 0.29) is 21.1 Å². The molecule has 0 unspecified atom stereocenters. The number of carbonyl (C=O) groups excluding carboxylic acids is 1. The van der Waals surface area contributed by atoms with Crippen LogP contribution in [0.15, 0.2) is 51.2 Å². The van der Waals surface area contributed by atoms with Gasteiger partial charge in [-0.1, -0.05) is 18.2 Å². The van der Waals surface area contributed by atoms with Crippen LogP contribution in [0.2, 0.25) is 0 Å². The van der Waals surface area contributed by atoms with Gasteiger partial charge < -0.3 is 4.74 Å². The minimum atomic E-state index is -3.85. The molecule has 0 N–H and O–H groups in total. The second-order valence-corrected chi connectivity index (χ2v) is 7.85. The number of rotatable bonds is 4. The van der Waals surface area contributed by atoms with Gasteiger partial charge in [-0.3, -0.25) is 0 Å². The summed E-state index contributed by atoms with van der Waals surface area (Å²) in [5.74, 6) is -0.638. The lowest BCUT2D eigenvalue weighted by atomic mass is 10.3. The summed E-state index contributed by atoms with van der Waals surface area (Å²) in [7, 11) is -2.60. The van der Waals surface area contributed by atoms with Crippen LogP contribution in [0.25, 0.3) is 5.65 Å². The zero-order chi connectivity index (χ0) is 18.2. The van der Waals surface area contributed by atoms with Gasteiger partial charge in [0.2, 0.25) is 9.84 Å². The van der Waals surface area contributed by atoms with E-state index in [0.717, 1.165) is 0 Å². The molecule has 2 heterocycles. The van der Waals surface area contributed by atoms with Crippen molar-refractivity contribution in [2.45, 2.75) is 21.7 Å². The number of nitrogens with zero attached hydrogens (tertiary/aromatic N) is 3. The van der Waals surface area contributed by atoms with Gasteiger partial charge in [0, 0.05) is 5.69 Å². The van der Waals surface area contributed by atoms with Gasteiger partial charge in [-0.25, -0.2) is 22.7 Å². The molecule has 0 atom stereocenters. The van der Waals surface area contributed by atoms with E-state index in [9.17, 15) is 13.2 Å². The fraction of sp³-hybridized carbons (Fsp3) is 0.188. The summed E-state index contributed by atoms with van der Waals surface area (Å²) in [4.78, 5) is 16.2. The Balaban J connectivity index is 2.37. The molecule has 0 saturated heterocycles. The van der Waals surface area contributed by atoms with E-state index in [1.54, 1.807) is 31.4 Å². The third kappa shape index (κ3) is 2.89. The second kappa shape index (κ2) is 6.49. The minimum absolute atomic E-state index is 0.0138. The molecular weight excluding hydrogens is 362 g/mol. The Hall–Kier alpha value is -2.39. The van der Waals surface area contributed by atoms with Gasteiger partial charge >= 0.3 is 5.97 Å². The normalized spacial score (nSPS) is 11.6. The number of hydrogen-bond donors (Lipinski definition) is 0. The molecule has 2 aromatic heterocycles. The van der Waals surface area contributed by atoms with Gasteiger partial charge in [0.1, 0.15) is 5.03 Å². The van der Waals surface area contributed by atoms with E-state index >= 15 is 0 Å². The third-order valence-electron chi connectivity index (χ3n) is 3.60. The first-order valence-electron chi connectivity index (χ1n) is 7.23. The lowest BCUT2D eigenvalue weighted by Gasteiger charge is -2.06. The van der Waals surface area contributed by atoms with Crippen molar-refractivity contribution in [3.63, 3.8) is 0 Å². The average Bonchev–Trinajstić information content (AvgIpc) is 3.01. The average molecular weight is 377 g/mol. The molecule has 0 amide bonds. The molecule has 130 valence electrons. The summed E-state index contributed by atoms with van der Waals surface area (Å²) in [6, 6.07) is 9.57. The van der Waals surface area contributed by atoms with Crippen LogP contribution < -0.4 is 0 Å². The van der Waals surface area contributed by atoms with Crippen molar-refractivity contribution in [1.29, 1.82) is 0 Å². The fourth-order valence-corrected chi connectivity index (χ4v) is 4.83. The zero-order valence-corrected chi connectivity index (χ0v) is 15.4. The first-order chi connectivity index (χ1) is 11.9. The van der Waals surface area contributed by atoms with Crippen LogP contribution in [-0.2, 0) is 14.6 Å². The highest BCUT2D eigenvalue weighted by Gasteiger charge is 2.29. The van der Waals surface area contributed by atoms with Gasteiger partial charge in [0.05, 0.1) is 12.0 Å². The number of sulfone groups is 1. The summed E-state index contributed by atoms with van der Waals surface area (Å²) in [6.45, 7) is 1.72. The van der Waals surface area contributed by atoms with Crippen LogP contribution in [0.1, 0.15) is 16.2 Å². The lowest BCUT2D eigenvalue weighted by Crippen LogP contribution is -2.09. The number of aryl methyl sites for hydroxylation is 1. The molecule has 7 nitrogen and oxygen atoms in total. The summed E-state index contributed by atoms with van der Waals surface area (Å²) >= 11 is 1.20. The van der Waals surface area contributed by atoms with Gasteiger partial charge in [-0.05, 0) is 31.4 Å². The topological polar surface area (TPSA) is 90.6 Å². The van der Waals surface area contributed by atoms with Crippen molar-refractivity contribution in [3.8, 4) is 0 Å². The molecule has 0 bridgehead atoms. The van der Waals surface area contributed by atoms with E-state index in [2.05, 4.69) is 10.1 Å². The van der Waals surface area contributed by atoms with Crippen molar-refractivity contribution >= 4 is 33.2 Å². The van der Waals surface area contributed by atoms with Gasteiger partial charge in [0.25, 0.3) is 0 Å². The van der Waals surface area contributed by atoms with Crippen LogP contribution in [0.3, 0.4) is 0 Å². The van der Waals surface area contributed by atoms with Crippen LogP contribution in [0, 0.1) is 6.92 Å². The fourth-order valence-electron chi connectivity index (χ4n) is 2.42. The van der Waals surface area contributed by atoms with E-state index < -0.39 is 15.8 Å². The molecular formula is C16H15N3O4S2. The number of hydrogen-bond acceptors (Lipinski definition) is 7. The minimum Gasteiger partial charge on any atom is -0.464 e. The Labute approximate surface area is 148 Å². The maximum atomic E-state index is 13.1. The molecule has 3 aromatic rings. The van der Waals surface area contributed by atoms with E-state index in [1.807, 2.05) is 0 Å².